The molecule has 2 aliphatic rings. The van der Waals surface area contributed by atoms with Gasteiger partial charge >= 0.3 is 0 Å². The van der Waals surface area contributed by atoms with Gasteiger partial charge in [-0.05, 0) is 25.7 Å². The summed E-state index contributed by atoms with van der Waals surface area (Å²) in [5, 5.41) is 15.5. The second kappa shape index (κ2) is 5.61. The number of hydrogen-bond acceptors (Lipinski definition) is 4. The quantitative estimate of drug-likeness (QED) is 0.590. The van der Waals surface area contributed by atoms with E-state index in [4.69, 9.17) is 4.74 Å². The summed E-state index contributed by atoms with van der Waals surface area (Å²) in [6.07, 6.45) is 2.78. The molecule has 0 aromatic carbocycles. The summed E-state index contributed by atoms with van der Waals surface area (Å²) < 4.78 is 5.38. The van der Waals surface area contributed by atoms with Gasteiger partial charge in [-0.2, -0.15) is 0 Å². The highest BCUT2D eigenvalue weighted by Crippen LogP contribution is 2.18. The SMILES string of the molecule is O=C(NC1CCC(O)CC1)C1CNCCO1. The van der Waals surface area contributed by atoms with Crippen molar-refractivity contribution in [2.75, 3.05) is 19.7 Å². The molecule has 0 aromatic heterocycles. The lowest BCUT2D eigenvalue weighted by Gasteiger charge is -2.29. The zero-order valence-corrected chi connectivity index (χ0v) is 9.45. The van der Waals surface area contributed by atoms with E-state index >= 15 is 0 Å². The highest BCUT2D eigenvalue weighted by Gasteiger charge is 2.26. The van der Waals surface area contributed by atoms with Crippen LogP contribution in [-0.4, -0.2) is 49.0 Å². The maximum atomic E-state index is 11.8. The van der Waals surface area contributed by atoms with E-state index in [-0.39, 0.29) is 24.2 Å². The summed E-state index contributed by atoms with van der Waals surface area (Å²) in [5.74, 6) is -0.0198. The fraction of sp³-hybridized carbons (Fsp3) is 0.909. The zero-order valence-electron chi connectivity index (χ0n) is 9.45. The topological polar surface area (TPSA) is 70.6 Å². The van der Waals surface area contributed by atoms with Crippen LogP contribution in [0.5, 0.6) is 0 Å². The van der Waals surface area contributed by atoms with Crippen LogP contribution in [0.1, 0.15) is 25.7 Å². The Hall–Kier alpha value is -0.650. The van der Waals surface area contributed by atoms with E-state index in [0.717, 1.165) is 32.2 Å². The number of ether oxygens (including phenoxy) is 1. The first-order valence-corrected chi connectivity index (χ1v) is 6.06. The Balaban J connectivity index is 1.73. The number of rotatable bonds is 2. The second-order valence-corrected chi connectivity index (χ2v) is 4.58. The van der Waals surface area contributed by atoms with Gasteiger partial charge in [-0.15, -0.1) is 0 Å². The largest absolute Gasteiger partial charge is 0.393 e. The molecule has 5 heteroatoms. The van der Waals surface area contributed by atoms with Crippen LogP contribution < -0.4 is 10.6 Å². The predicted molar refractivity (Wildman–Crippen MR) is 59.0 cm³/mol. The van der Waals surface area contributed by atoms with Crippen molar-refractivity contribution in [3.8, 4) is 0 Å². The van der Waals surface area contributed by atoms with Gasteiger partial charge in [0.1, 0.15) is 6.10 Å². The molecule has 92 valence electrons. The number of carbonyl (C=O) groups is 1. The van der Waals surface area contributed by atoms with E-state index in [1.165, 1.54) is 0 Å². The average Bonchev–Trinajstić information content (AvgIpc) is 2.33. The van der Waals surface area contributed by atoms with Crippen molar-refractivity contribution in [2.45, 2.75) is 43.9 Å². The molecule has 1 aliphatic heterocycles. The molecule has 1 saturated carbocycles. The minimum atomic E-state index is -0.347. The van der Waals surface area contributed by atoms with E-state index in [1.54, 1.807) is 0 Å². The molecule has 5 nitrogen and oxygen atoms in total. The van der Waals surface area contributed by atoms with Crippen LogP contribution in [0.3, 0.4) is 0 Å². The standard InChI is InChI=1S/C11H20N2O3/c14-9-3-1-8(2-4-9)13-11(15)10-7-12-5-6-16-10/h8-10,12,14H,1-7H2,(H,13,15). The summed E-state index contributed by atoms with van der Waals surface area (Å²) in [7, 11) is 0. The molecule has 0 aromatic rings. The van der Waals surface area contributed by atoms with E-state index in [2.05, 4.69) is 10.6 Å². The number of carbonyl (C=O) groups excluding carboxylic acids is 1. The van der Waals surface area contributed by atoms with Crippen LogP contribution in [0, 0.1) is 0 Å². The number of aliphatic hydroxyl groups excluding tert-OH is 1. The first kappa shape index (κ1) is 11.8. The normalized spacial score (nSPS) is 35.7. The molecule has 3 N–H and O–H groups in total. The summed E-state index contributed by atoms with van der Waals surface area (Å²) in [6, 6.07) is 0.210. The highest BCUT2D eigenvalue weighted by atomic mass is 16.5. The monoisotopic (exact) mass is 228 g/mol. The van der Waals surface area contributed by atoms with Gasteiger partial charge in [0.05, 0.1) is 12.7 Å². The summed E-state index contributed by atoms with van der Waals surface area (Å²) in [6.45, 7) is 2.02. The summed E-state index contributed by atoms with van der Waals surface area (Å²) in [4.78, 5) is 11.8. The summed E-state index contributed by atoms with van der Waals surface area (Å²) in [5.41, 5.74) is 0. The Morgan fingerprint density at radius 1 is 1.31 bits per heavy atom. The molecule has 16 heavy (non-hydrogen) atoms. The van der Waals surface area contributed by atoms with Gasteiger partial charge in [0.25, 0.3) is 5.91 Å². The van der Waals surface area contributed by atoms with Crippen molar-refractivity contribution in [1.82, 2.24) is 10.6 Å². The lowest BCUT2D eigenvalue weighted by molar-refractivity contribution is -0.135. The van der Waals surface area contributed by atoms with Crippen molar-refractivity contribution in [2.24, 2.45) is 0 Å². The Labute approximate surface area is 95.5 Å². The fourth-order valence-electron chi connectivity index (χ4n) is 2.25. The number of hydrogen-bond donors (Lipinski definition) is 3. The van der Waals surface area contributed by atoms with Gasteiger partial charge in [-0.25, -0.2) is 0 Å². The Kier molecular flexibility index (Phi) is 4.15. The molecule has 2 rings (SSSR count). The Bertz CT molecular complexity index is 233. The first-order valence-electron chi connectivity index (χ1n) is 6.06. The number of amides is 1. The summed E-state index contributed by atoms with van der Waals surface area (Å²) >= 11 is 0. The third kappa shape index (κ3) is 3.17. The van der Waals surface area contributed by atoms with E-state index in [0.29, 0.717) is 13.2 Å². The Morgan fingerprint density at radius 2 is 2.06 bits per heavy atom. The van der Waals surface area contributed by atoms with Crippen molar-refractivity contribution in [3.05, 3.63) is 0 Å². The van der Waals surface area contributed by atoms with Crippen molar-refractivity contribution in [1.29, 1.82) is 0 Å². The van der Waals surface area contributed by atoms with Crippen molar-refractivity contribution in [3.63, 3.8) is 0 Å². The smallest absolute Gasteiger partial charge is 0.250 e. The van der Waals surface area contributed by atoms with Crippen LogP contribution in [0.15, 0.2) is 0 Å². The molecule has 1 amide bonds. The second-order valence-electron chi connectivity index (χ2n) is 4.58. The number of morpholine rings is 1. The first-order chi connectivity index (χ1) is 7.75. The number of aliphatic hydroxyl groups is 1. The zero-order chi connectivity index (χ0) is 11.4. The fourth-order valence-corrected chi connectivity index (χ4v) is 2.25. The van der Waals surface area contributed by atoms with Crippen LogP contribution in [0.2, 0.25) is 0 Å². The van der Waals surface area contributed by atoms with Crippen LogP contribution >= 0.6 is 0 Å². The van der Waals surface area contributed by atoms with E-state index in [9.17, 15) is 9.90 Å². The van der Waals surface area contributed by atoms with Crippen molar-refractivity contribution >= 4 is 5.91 Å². The highest BCUT2D eigenvalue weighted by molar-refractivity contribution is 5.81. The number of nitrogens with one attached hydrogen (secondary N) is 2. The van der Waals surface area contributed by atoms with Crippen molar-refractivity contribution < 1.29 is 14.6 Å². The maximum Gasteiger partial charge on any atom is 0.250 e. The van der Waals surface area contributed by atoms with E-state index in [1.807, 2.05) is 0 Å². The van der Waals surface area contributed by atoms with Crippen LogP contribution in [-0.2, 0) is 9.53 Å². The van der Waals surface area contributed by atoms with Gasteiger partial charge in [-0.3, -0.25) is 4.79 Å². The minimum absolute atomic E-state index is 0.0198. The van der Waals surface area contributed by atoms with E-state index < -0.39 is 0 Å². The molecule has 1 aliphatic carbocycles. The molecule has 0 spiro atoms. The molecule has 1 heterocycles. The van der Waals surface area contributed by atoms with Gasteiger partial charge in [0.2, 0.25) is 0 Å². The van der Waals surface area contributed by atoms with Gasteiger partial charge in [-0.1, -0.05) is 0 Å². The molecular weight excluding hydrogens is 208 g/mol. The maximum absolute atomic E-state index is 11.8. The third-order valence-electron chi connectivity index (χ3n) is 3.26. The van der Waals surface area contributed by atoms with Crippen LogP contribution in [0.25, 0.3) is 0 Å². The molecule has 1 unspecified atom stereocenters. The van der Waals surface area contributed by atoms with Crippen LogP contribution in [0.4, 0.5) is 0 Å². The third-order valence-corrected chi connectivity index (χ3v) is 3.26. The molecule has 1 saturated heterocycles. The molecule has 0 bridgehead atoms. The van der Waals surface area contributed by atoms with Gasteiger partial charge in [0, 0.05) is 19.1 Å². The molecular formula is C11H20N2O3. The lowest BCUT2D eigenvalue weighted by atomic mass is 9.93. The van der Waals surface area contributed by atoms with Gasteiger partial charge in [0.15, 0.2) is 0 Å². The average molecular weight is 228 g/mol. The Morgan fingerprint density at radius 3 is 2.69 bits per heavy atom. The minimum Gasteiger partial charge on any atom is -0.393 e. The lowest BCUT2D eigenvalue weighted by Crippen LogP contribution is -2.51. The van der Waals surface area contributed by atoms with Gasteiger partial charge < -0.3 is 20.5 Å². The molecule has 1 atom stereocenters. The molecule has 2 fully saturated rings. The predicted octanol–water partition coefficient (Wildman–Crippen LogP) is -0.606. The molecule has 0 radical (unpaired) electrons.